The van der Waals surface area contributed by atoms with Crippen LogP contribution in [0.3, 0.4) is 0 Å². The highest BCUT2D eigenvalue weighted by atomic mass is 16.1. The van der Waals surface area contributed by atoms with Crippen LogP contribution in [0, 0.1) is 0 Å². The summed E-state index contributed by atoms with van der Waals surface area (Å²) in [5.41, 5.74) is 2.79. The van der Waals surface area contributed by atoms with E-state index in [1.54, 1.807) is 0 Å². The van der Waals surface area contributed by atoms with Crippen molar-refractivity contribution < 1.29 is 4.79 Å². The van der Waals surface area contributed by atoms with E-state index in [-0.39, 0.29) is 5.91 Å². The summed E-state index contributed by atoms with van der Waals surface area (Å²) in [7, 11) is 0. The first-order valence-corrected chi connectivity index (χ1v) is 7.41. The first-order valence-electron chi connectivity index (χ1n) is 7.41. The molecule has 19 heavy (non-hydrogen) atoms. The van der Waals surface area contributed by atoms with Crippen molar-refractivity contribution >= 4 is 5.91 Å². The van der Waals surface area contributed by atoms with Gasteiger partial charge in [-0.15, -0.1) is 0 Å². The van der Waals surface area contributed by atoms with Gasteiger partial charge in [0.25, 0.3) is 0 Å². The van der Waals surface area contributed by atoms with Crippen molar-refractivity contribution in [2.24, 2.45) is 0 Å². The summed E-state index contributed by atoms with van der Waals surface area (Å²) in [5.74, 6) is 0.214. The zero-order valence-electron chi connectivity index (χ0n) is 11.3. The Labute approximate surface area is 114 Å². The highest BCUT2D eigenvalue weighted by molar-refractivity contribution is 5.76. The molecule has 1 heterocycles. The highest BCUT2D eigenvalue weighted by Gasteiger charge is 2.22. The van der Waals surface area contributed by atoms with Crippen LogP contribution in [0.4, 0.5) is 0 Å². The van der Waals surface area contributed by atoms with E-state index < -0.39 is 0 Å². The Kier molecular flexibility index (Phi) is 3.83. The largest absolute Gasteiger partial charge is 0.353 e. The summed E-state index contributed by atoms with van der Waals surface area (Å²) < 4.78 is 0. The van der Waals surface area contributed by atoms with Crippen LogP contribution in [0.15, 0.2) is 24.3 Å². The van der Waals surface area contributed by atoms with Crippen molar-refractivity contribution in [3.63, 3.8) is 0 Å². The van der Waals surface area contributed by atoms with Crippen molar-refractivity contribution in [2.45, 2.75) is 50.6 Å². The Bertz CT molecular complexity index is 427. The molecule has 102 valence electrons. The van der Waals surface area contributed by atoms with Gasteiger partial charge in [0, 0.05) is 18.5 Å². The van der Waals surface area contributed by atoms with Gasteiger partial charge in [-0.1, -0.05) is 24.3 Å². The number of carbonyl (C=O) groups is 1. The number of amides is 1. The lowest BCUT2D eigenvalue weighted by atomic mass is 10.1. The molecule has 1 unspecified atom stereocenters. The third-order valence-corrected chi connectivity index (χ3v) is 4.30. The number of hydrogen-bond acceptors (Lipinski definition) is 2. The van der Waals surface area contributed by atoms with Crippen molar-refractivity contribution in [2.75, 3.05) is 6.54 Å². The van der Waals surface area contributed by atoms with Crippen LogP contribution in [0.2, 0.25) is 0 Å². The molecule has 1 fully saturated rings. The predicted molar refractivity (Wildman–Crippen MR) is 76.0 cm³/mol. The topological polar surface area (TPSA) is 41.1 Å². The van der Waals surface area contributed by atoms with Crippen LogP contribution in [0.25, 0.3) is 0 Å². The van der Waals surface area contributed by atoms with Gasteiger partial charge in [-0.2, -0.15) is 0 Å². The van der Waals surface area contributed by atoms with E-state index in [0.717, 1.165) is 25.8 Å². The quantitative estimate of drug-likeness (QED) is 0.864. The molecule has 1 aliphatic carbocycles. The second-order valence-electron chi connectivity index (χ2n) is 5.77. The van der Waals surface area contributed by atoms with E-state index in [2.05, 4.69) is 34.9 Å². The molecule has 1 aromatic carbocycles. The minimum atomic E-state index is 0.214. The molecule has 0 aromatic heterocycles. The zero-order chi connectivity index (χ0) is 13.1. The Hall–Kier alpha value is -1.35. The molecule has 1 atom stereocenters. The van der Waals surface area contributed by atoms with Crippen LogP contribution in [-0.4, -0.2) is 24.5 Å². The monoisotopic (exact) mass is 258 g/mol. The van der Waals surface area contributed by atoms with E-state index in [4.69, 9.17) is 0 Å². The van der Waals surface area contributed by atoms with Gasteiger partial charge < -0.3 is 10.6 Å². The van der Waals surface area contributed by atoms with Gasteiger partial charge in [0.15, 0.2) is 0 Å². The second-order valence-corrected chi connectivity index (χ2v) is 5.77. The number of fused-ring (bicyclic) bond motifs is 1. The molecule has 0 radical (unpaired) electrons. The lowest BCUT2D eigenvalue weighted by molar-refractivity contribution is -0.121. The van der Waals surface area contributed by atoms with E-state index in [1.165, 1.54) is 24.0 Å². The van der Waals surface area contributed by atoms with Gasteiger partial charge in [0.2, 0.25) is 5.91 Å². The maximum Gasteiger partial charge on any atom is 0.220 e. The average molecular weight is 258 g/mol. The summed E-state index contributed by atoms with van der Waals surface area (Å²) >= 11 is 0. The number of rotatable bonds is 4. The number of hydrogen-bond donors (Lipinski definition) is 2. The molecule has 0 saturated carbocycles. The van der Waals surface area contributed by atoms with Crippen LogP contribution in [0.1, 0.15) is 36.8 Å². The number of carbonyl (C=O) groups excluding carboxylic acids is 1. The third-order valence-electron chi connectivity index (χ3n) is 4.30. The fourth-order valence-corrected chi connectivity index (χ4v) is 3.27. The minimum Gasteiger partial charge on any atom is -0.353 e. The predicted octanol–water partition coefficient (Wildman–Crippen LogP) is 1.80. The standard InChI is InChI=1S/C16H22N2O/c19-16(8-7-14-6-3-9-17-14)18-15-10-12-4-1-2-5-13(12)11-15/h1-2,4-5,14-15,17H,3,6-11H2,(H,18,19). The Balaban J connectivity index is 1.44. The summed E-state index contributed by atoms with van der Waals surface area (Å²) in [6.07, 6.45) is 6.09. The first-order chi connectivity index (χ1) is 9.31. The maximum absolute atomic E-state index is 12.0. The lowest BCUT2D eigenvalue weighted by Crippen LogP contribution is -2.36. The van der Waals surface area contributed by atoms with Crippen molar-refractivity contribution in [1.82, 2.24) is 10.6 Å². The molecule has 1 aliphatic heterocycles. The van der Waals surface area contributed by atoms with Gasteiger partial charge in [0.1, 0.15) is 0 Å². The molecule has 0 bridgehead atoms. The van der Waals surface area contributed by atoms with E-state index in [0.29, 0.717) is 18.5 Å². The van der Waals surface area contributed by atoms with E-state index >= 15 is 0 Å². The molecular weight excluding hydrogens is 236 g/mol. The van der Waals surface area contributed by atoms with Crippen LogP contribution < -0.4 is 10.6 Å². The molecule has 0 spiro atoms. The fraction of sp³-hybridized carbons (Fsp3) is 0.562. The van der Waals surface area contributed by atoms with Gasteiger partial charge in [0.05, 0.1) is 0 Å². The molecular formula is C16H22N2O. The zero-order valence-corrected chi connectivity index (χ0v) is 11.3. The second kappa shape index (κ2) is 5.74. The summed E-state index contributed by atoms with van der Waals surface area (Å²) in [6, 6.07) is 9.37. The van der Waals surface area contributed by atoms with Crippen molar-refractivity contribution in [3.8, 4) is 0 Å². The van der Waals surface area contributed by atoms with Gasteiger partial charge in [-0.25, -0.2) is 0 Å². The van der Waals surface area contributed by atoms with Crippen LogP contribution in [0.5, 0.6) is 0 Å². The normalized spacial score (nSPS) is 22.4. The molecule has 3 heteroatoms. The first kappa shape index (κ1) is 12.7. The average Bonchev–Trinajstić information content (AvgIpc) is 3.04. The number of benzene rings is 1. The Morgan fingerprint density at radius 3 is 2.63 bits per heavy atom. The van der Waals surface area contributed by atoms with Crippen LogP contribution >= 0.6 is 0 Å². The molecule has 2 aliphatic rings. The van der Waals surface area contributed by atoms with Crippen molar-refractivity contribution in [3.05, 3.63) is 35.4 Å². The maximum atomic E-state index is 12.0. The van der Waals surface area contributed by atoms with Crippen LogP contribution in [-0.2, 0) is 17.6 Å². The Morgan fingerprint density at radius 2 is 2.00 bits per heavy atom. The summed E-state index contributed by atoms with van der Waals surface area (Å²) in [4.78, 5) is 12.0. The molecule has 1 amide bonds. The minimum absolute atomic E-state index is 0.214. The highest BCUT2D eigenvalue weighted by Crippen LogP contribution is 2.21. The molecule has 1 aromatic rings. The lowest BCUT2D eigenvalue weighted by Gasteiger charge is -2.14. The van der Waals surface area contributed by atoms with Gasteiger partial charge in [-0.05, 0) is 49.8 Å². The molecule has 1 saturated heterocycles. The molecule has 3 nitrogen and oxygen atoms in total. The fourth-order valence-electron chi connectivity index (χ4n) is 3.27. The smallest absolute Gasteiger partial charge is 0.220 e. The SMILES string of the molecule is O=C(CCC1CCCN1)NC1Cc2ccccc2C1. The summed E-state index contributed by atoms with van der Waals surface area (Å²) in [6.45, 7) is 1.12. The van der Waals surface area contributed by atoms with E-state index in [1.807, 2.05) is 0 Å². The molecule has 3 rings (SSSR count). The van der Waals surface area contributed by atoms with E-state index in [9.17, 15) is 4.79 Å². The number of nitrogens with one attached hydrogen (secondary N) is 2. The van der Waals surface area contributed by atoms with Gasteiger partial charge in [-0.3, -0.25) is 4.79 Å². The van der Waals surface area contributed by atoms with Crippen molar-refractivity contribution in [1.29, 1.82) is 0 Å². The van der Waals surface area contributed by atoms with Gasteiger partial charge >= 0.3 is 0 Å². The third kappa shape index (κ3) is 3.16. The molecule has 2 N–H and O–H groups in total. The Morgan fingerprint density at radius 1 is 1.26 bits per heavy atom. The summed E-state index contributed by atoms with van der Waals surface area (Å²) in [5, 5.41) is 6.62.